The lowest BCUT2D eigenvalue weighted by Gasteiger charge is -2.27. The summed E-state index contributed by atoms with van der Waals surface area (Å²) in [5.41, 5.74) is 1.01. The standard InChI is InChI=1S/C16H31N5/c1-6-7-17-10-15-11-18-12-16(19-15)21(13-14(2)3)9-8-20(4)5/h11-12,14,17H,6-10,13H2,1-5H3. The van der Waals surface area contributed by atoms with E-state index in [1.807, 2.05) is 12.4 Å². The highest BCUT2D eigenvalue weighted by molar-refractivity contribution is 5.36. The number of hydrogen-bond acceptors (Lipinski definition) is 5. The minimum Gasteiger partial charge on any atom is -0.354 e. The van der Waals surface area contributed by atoms with Gasteiger partial charge in [-0.3, -0.25) is 4.98 Å². The topological polar surface area (TPSA) is 44.3 Å². The molecule has 1 N–H and O–H groups in total. The van der Waals surface area contributed by atoms with E-state index in [0.717, 1.165) is 50.7 Å². The molecule has 0 radical (unpaired) electrons. The molecule has 1 aromatic heterocycles. The van der Waals surface area contributed by atoms with Crippen molar-refractivity contribution in [2.24, 2.45) is 5.92 Å². The second-order valence-corrected chi connectivity index (χ2v) is 6.19. The Morgan fingerprint density at radius 1 is 1.19 bits per heavy atom. The summed E-state index contributed by atoms with van der Waals surface area (Å²) in [4.78, 5) is 13.7. The van der Waals surface area contributed by atoms with Crippen LogP contribution in [0, 0.1) is 5.92 Å². The first-order chi connectivity index (χ1) is 10.0. The Balaban J connectivity index is 2.73. The number of likely N-dealkylation sites (N-methyl/N-ethyl adjacent to an activating group) is 1. The molecule has 0 aliphatic carbocycles. The van der Waals surface area contributed by atoms with E-state index in [1.165, 1.54) is 0 Å². The van der Waals surface area contributed by atoms with E-state index in [4.69, 9.17) is 4.98 Å². The van der Waals surface area contributed by atoms with Crippen LogP contribution in [0.25, 0.3) is 0 Å². The second kappa shape index (κ2) is 9.68. The summed E-state index contributed by atoms with van der Waals surface area (Å²) in [7, 11) is 4.20. The molecule has 0 fully saturated rings. The van der Waals surface area contributed by atoms with Crippen molar-refractivity contribution >= 4 is 5.82 Å². The van der Waals surface area contributed by atoms with Crippen LogP contribution in [0.3, 0.4) is 0 Å². The zero-order valence-electron chi connectivity index (χ0n) is 14.3. The summed E-state index contributed by atoms with van der Waals surface area (Å²) in [5, 5.41) is 3.38. The van der Waals surface area contributed by atoms with Crippen molar-refractivity contribution in [3.63, 3.8) is 0 Å². The normalized spacial score (nSPS) is 11.4. The van der Waals surface area contributed by atoms with Crippen LogP contribution >= 0.6 is 0 Å². The van der Waals surface area contributed by atoms with Crippen molar-refractivity contribution in [3.05, 3.63) is 18.1 Å². The molecular formula is C16H31N5. The zero-order chi connectivity index (χ0) is 15.7. The molecule has 0 aliphatic heterocycles. The first kappa shape index (κ1) is 17.9. The monoisotopic (exact) mass is 293 g/mol. The molecule has 0 amide bonds. The molecule has 0 aromatic carbocycles. The lowest BCUT2D eigenvalue weighted by Crippen LogP contribution is -2.35. The first-order valence-corrected chi connectivity index (χ1v) is 7.94. The lowest BCUT2D eigenvalue weighted by molar-refractivity contribution is 0.408. The van der Waals surface area contributed by atoms with Crippen LogP contribution in [-0.4, -0.2) is 55.1 Å². The number of nitrogens with zero attached hydrogens (tertiary/aromatic N) is 4. The van der Waals surface area contributed by atoms with Crippen molar-refractivity contribution in [1.82, 2.24) is 20.2 Å². The van der Waals surface area contributed by atoms with E-state index < -0.39 is 0 Å². The van der Waals surface area contributed by atoms with Gasteiger partial charge in [0, 0.05) is 32.4 Å². The highest BCUT2D eigenvalue weighted by Crippen LogP contribution is 2.12. The van der Waals surface area contributed by atoms with Crippen molar-refractivity contribution < 1.29 is 0 Å². The van der Waals surface area contributed by atoms with Gasteiger partial charge < -0.3 is 15.1 Å². The minimum atomic E-state index is 0.607. The number of aromatic nitrogens is 2. The fourth-order valence-corrected chi connectivity index (χ4v) is 2.09. The third-order valence-electron chi connectivity index (χ3n) is 3.13. The Kier molecular flexibility index (Phi) is 8.23. The molecule has 0 unspecified atom stereocenters. The number of rotatable bonds is 10. The third-order valence-corrected chi connectivity index (χ3v) is 3.13. The van der Waals surface area contributed by atoms with E-state index >= 15 is 0 Å². The molecule has 0 saturated carbocycles. The van der Waals surface area contributed by atoms with Crippen LogP contribution in [0.4, 0.5) is 5.82 Å². The van der Waals surface area contributed by atoms with Gasteiger partial charge in [-0.05, 0) is 33.0 Å². The molecule has 1 rings (SSSR count). The second-order valence-electron chi connectivity index (χ2n) is 6.19. The summed E-state index contributed by atoms with van der Waals surface area (Å²) < 4.78 is 0. The highest BCUT2D eigenvalue weighted by Gasteiger charge is 2.11. The average Bonchev–Trinajstić information content (AvgIpc) is 2.43. The van der Waals surface area contributed by atoms with Gasteiger partial charge in [0.25, 0.3) is 0 Å². The van der Waals surface area contributed by atoms with Gasteiger partial charge in [-0.15, -0.1) is 0 Å². The maximum atomic E-state index is 4.76. The predicted molar refractivity (Wildman–Crippen MR) is 89.6 cm³/mol. The zero-order valence-corrected chi connectivity index (χ0v) is 14.3. The van der Waals surface area contributed by atoms with Gasteiger partial charge in [0.2, 0.25) is 0 Å². The highest BCUT2D eigenvalue weighted by atomic mass is 15.2. The van der Waals surface area contributed by atoms with E-state index in [2.05, 4.69) is 55.0 Å². The first-order valence-electron chi connectivity index (χ1n) is 7.94. The van der Waals surface area contributed by atoms with Gasteiger partial charge in [-0.2, -0.15) is 0 Å². The molecule has 21 heavy (non-hydrogen) atoms. The molecule has 5 heteroatoms. The molecule has 0 atom stereocenters. The van der Waals surface area contributed by atoms with Gasteiger partial charge in [-0.25, -0.2) is 4.98 Å². The molecule has 0 saturated heterocycles. The predicted octanol–water partition coefficient (Wildman–Crippen LogP) is 2.00. The molecule has 1 heterocycles. The van der Waals surface area contributed by atoms with E-state index in [1.54, 1.807) is 0 Å². The Morgan fingerprint density at radius 3 is 2.57 bits per heavy atom. The summed E-state index contributed by atoms with van der Waals surface area (Å²) >= 11 is 0. The summed E-state index contributed by atoms with van der Waals surface area (Å²) in [6, 6.07) is 0. The molecule has 0 spiro atoms. The Bertz CT molecular complexity index is 392. The summed E-state index contributed by atoms with van der Waals surface area (Å²) in [5.74, 6) is 1.59. The van der Waals surface area contributed by atoms with Crippen LogP contribution < -0.4 is 10.2 Å². The summed E-state index contributed by atoms with van der Waals surface area (Å²) in [6.45, 7) is 11.5. The van der Waals surface area contributed by atoms with Crippen molar-refractivity contribution in [2.45, 2.75) is 33.7 Å². The van der Waals surface area contributed by atoms with Crippen molar-refractivity contribution in [1.29, 1.82) is 0 Å². The fraction of sp³-hybridized carbons (Fsp3) is 0.750. The Morgan fingerprint density at radius 2 is 1.95 bits per heavy atom. The van der Waals surface area contributed by atoms with Gasteiger partial charge in [0.05, 0.1) is 11.9 Å². The third kappa shape index (κ3) is 7.39. The molecule has 0 aliphatic rings. The molecule has 5 nitrogen and oxygen atoms in total. The molecule has 0 bridgehead atoms. The van der Waals surface area contributed by atoms with Crippen molar-refractivity contribution in [3.8, 4) is 0 Å². The van der Waals surface area contributed by atoms with Crippen LogP contribution in [0.15, 0.2) is 12.4 Å². The van der Waals surface area contributed by atoms with E-state index in [0.29, 0.717) is 5.92 Å². The lowest BCUT2D eigenvalue weighted by atomic mass is 10.2. The van der Waals surface area contributed by atoms with Crippen LogP contribution in [0.5, 0.6) is 0 Å². The smallest absolute Gasteiger partial charge is 0.147 e. The van der Waals surface area contributed by atoms with Crippen LogP contribution in [-0.2, 0) is 6.54 Å². The minimum absolute atomic E-state index is 0.607. The maximum Gasteiger partial charge on any atom is 0.147 e. The largest absolute Gasteiger partial charge is 0.354 e. The van der Waals surface area contributed by atoms with Crippen LogP contribution in [0.2, 0.25) is 0 Å². The Hall–Kier alpha value is -1.20. The molecule has 120 valence electrons. The maximum absolute atomic E-state index is 4.76. The molecular weight excluding hydrogens is 262 g/mol. The Labute approximate surface area is 129 Å². The average molecular weight is 293 g/mol. The van der Waals surface area contributed by atoms with Gasteiger partial charge in [0.15, 0.2) is 0 Å². The number of anilines is 1. The summed E-state index contributed by atoms with van der Waals surface area (Å²) in [6.07, 6.45) is 4.86. The van der Waals surface area contributed by atoms with E-state index in [9.17, 15) is 0 Å². The number of hydrogen-bond donors (Lipinski definition) is 1. The fourth-order valence-electron chi connectivity index (χ4n) is 2.09. The molecule has 1 aromatic rings. The number of nitrogens with one attached hydrogen (secondary N) is 1. The van der Waals surface area contributed by atoms with Gasteiger partial charge >= 0.3 is 0 Å². The van der Waals surface area contributed by atoms with Crippen LogP contribution in [0.1, 0.15) is 32.9 Å². The van der Waals surface area contributed by atoms with Crippen molar-refractivity contribution in [2.75, 3.05) is 45.2 Å². The van der Waals surface area contributed by atoms with Gasteiger partial charge in [-0.1, -0.05) is 20.8 Å². The van der Waals surface area contributed by atoms with E-state index in [-0.39, 0.29) is 0 Å². The van der Waals surface area contributed by atoms with Gasteiger partial charge in [0.1, 0.15) is 5.82 Å². The quantitative estimate of drug-likeness (QED) is 0.669. The SMILES string of the molecule is CCCNCc1cncc(N(CCN(C)C)CC(C)C)n1.